The molecule has 8 nitrogen and oxygen atoms in total. The molecule has 1 unspecified atom stereocenters. The summed E-state index contributed by atoms with van der Waals surface area (Å²) in [5.41, 5.74) is 1.11. The SMILES string of the molecule is CC(Cn1ccc(-c2ccc(C#N)c(Cl)c2)n1)NC(=O)c1cn(C[C@](C)(O)CCl)cn1. The van der Waals surface area contributed by atoms with Gasteiger partial charge in [0.15, 0.2) is 0 Å². The van der Waals surface area contributed by atoms with Crippen molar-refractivity contribution in [2.45, 2.75) is 38.6 Å². The van der Waals surface area contributed by atoms with Crippen molar-refractivity contribution in [2.75, 3.05) is 5.88 Å². The van der Waals surface area contributed by atoms with Crippen molar-refractivity contribution in [3.05, 3.63) is 59.3 Å². The summed E-state index contributed by atoms with van der Waals surface area (Å²) in [6.07, 6.45) is 4.87. The Morgan fingerprint density at radius 1 is 1.42 bits per heavy atom. The van der Waals surface area contributed by atoms with Gasteiger partial charge in [-0.05, 0) is 32.0 Å². The van der Waals surface area contributed by atoms with Crippen LogP contribution in [-0.2, 0) is 13.1 Å². The molecule has 0 bridgehead atoms. The lowest BCUT2D eigenvalue weighted by atomic mass is 10.1. The van der Waals surface area contributed by atoms with E-state index in [0.717, 1.165) is 11.3 Å². The molecule has 2 heterocycles. The Balaban J connectivity index is 1.60. The van der Waals surface area contributed by atoms with Crippen LogP contribution in [0.2, 0.25) is 5.02 Å². The van der Waals surface area contributed by atoms with Gasteiger partial charge in [-0.15, -0.1) is 11.6 Å². The van der Waals surface area contributed by atoms with Gasteiger partial charge in [0.2, 0.25) is 0 Å². The number of alkyl halides is 1. The molecule has 1 aromatic carbocycles. The minimum atomic E-state index is -1.08. The third-order valence-electron chi connectivity index (χ3n) is 4.54. The van der Waals surface area contributed by atoms with E-state index >= 15 is 0 Å². The first-order valence-corrected chi connectivity index (χ1v) is 10.5. The Hall–Kier alpha value is -2.86. The molecular formula is C21H22Cl2N6O2. The van der Waals surface area contributed by atoms with Crippen LogP contribution in [0.1, 0.15) is 29.9 Å². The second kappa shape index (κ2) is 9.52. The molecule has 0 saturated carbocycles. The molecule has 0 aliphatic carbocycles. The molecule has 0 aliphatic rings. The molecule has 2 N–H and O–H groups in total. The number of nitriles is 1. The molecule has 162 valence electrons. The third-order valence-corrected chi connectivity index (χ3v) is 5.43. The van der Waals surface area contributed by atoms with Crippen molar-refractivity contribution < 1.29 is 9.90 Å². The second-order valence-corrected chi connectivity index (χ2v) is 8.34. The van der Waals surface area contributed by atoms with Gasteiger partial charge in [-0.1, -0.05) is 17.7 Å². The third kappa shape index (κ3) is 5.85. The van der Waals surface area contributed by atoms with Crippen molar-refractivity contribution in [2.24, 2.45) is 0 Å². The smallest absolute Gasteiger partial charge is 0.271 e. The van der Waals surface area contributed by atoms with Crippen LogP contribution in [0, 0.1) is 11.3 Å². The second-order valence-electron chi connectivity index (χ2n) is 7.67. The van der Waals surface area contributed by atoms with Gasteiger partial charge in [0, 0.05) is 24.0 Å². The predicted molar refractivity (Wildman–Crippen MR) is 118 cm³/mol. The monoisotopic (exact) mass is 460 g/mol. The first kappa shape index (κ1) is 22.8. The zero-order valence-electron chi connectivity index (χ0n) is 17.1. The summed E-state index contributed by atoms with van der Waals surface area (Å²) < 4.78 is 3.35. The minimum absolute atomic E-state index is 0.0737. The molecule has 0 spiro atoms. The van der Waals surface area contributed by atoms with Gasteiger partial charge in [0.25, 0.3) is 5.91 Å². The summed E-state index contributed by atoms with van der Waals surface area (Å²) in [4.78, 5) is 16.6. The molecule has 0 radical (unpaired) electrons. The number of hydrogen-bond acceptors (Lipinski definition) is 5. The van der Waals surface area contributed by atoms with E-state index < -0.39 is 5.60 Å². The highest BCUT2D eigenvalue weighted by molar-refractivity contribution is 6.32. The number of nitrogens with zero attached hydrogens (tertiary/aromatic N) is 5. The molecule has 2 aromatic heterocycles. The van der Waals surface area contributed by atoms with Crippen molar-refractivity contribution >= 4 is 29.1 Å². The molecule has 0 fully saturated rings. The number of carbonyl (C=O) groups is 1. The molecule has 0 aliphatic heterocycles. The molecule has 3 aromatic rings. The Kier molecular flexibility index (Phi) is 7.01. The van der Waals surface area contributed by atoms with Crippen molar-refractivity contribution in [3.8, 4) is 17.3 Å². The van der Waals surface area contributed by atoms with E-state index in [2.05, 4.69) is 15.4 Å². The lowest BCUT2D eigenvalue weighted by Gasteiger charge is -2.20. The number of halogens is 2. The van der Waals surface area contributed by atoms with E-state index in [-0.39, 0.29) is 30.1 Å². The largest absolute Gasteiger partial charge is 0.387 e. The van der Waals surface area contributed by atoms with Crippen LogP contribution in [0.4, 0.5) is 0 Å². The van der Waals surface area contributed by atoms with Crippen LogP contribution >= 0.6 is 23.2 Å². The molecule has 0 saturated heterocycles. The van der Waals surface area contributed by atoms with Gasteiger partial charge in [0.05, 0.1) is 47.2 Å². The Morgan fingerprint density at radius 2 is 2.19 bits per heavy atom. The van der Waals surface area contributed by atoms with Gasteiger partial charge in [-0.25, -0.2) is 4.98 Å². The highest BCUT2D eigenvalue weighted by Crippen LogP contribution is 2.24. The van der Waals surface area contributed by atoms with Crippen LogP contribution < -0.4 is 5.32 Å². The molecule has 2 atom stereocenters. The number of benzene rings is 1. The first-order valence-electron chi connectivity index (χ1n) is 9.55. The number of aliphatic hydroxyl groups is 1. The van der Waals surface area contributed by atoms with Crippen molar-refractivity contribution in [1.82, 2.24) is 24.6 Å². The van der Waals surface area contributed by atoms with Gasteiger partial charge in [0.1, 0.15) is 11.8 Å². The first-order chi connectivity index (χ1) is 14.7. The fourth-order valence-corrected chi connectivity index (χ4v) is 3.31. The van der Waals surface area contributed by atoms with Crippen molar-refractivity contribution in [1.29, 1.82) is 5.26 Å². The topological polar surface area (TPSA) is 109 Å². The van der Waals surface area contributed by atoms with Gasteiger partial charge in [-0.3, -0.25) is 9.48 Å². The molecular weight excluding hydrogens is 439 g/mol. The molecule has 3 rings (SSSR count). The Bertz CT molecular complexity index is 1120. The normalized spacial score (nSPS) is 13.9. The standard InChI is InChI=1S/C21H22Cl2N6O2/c1-14(26-20(30)19-10-28(13-25-19)12-21(2,31)11-22)9-29-6-5-18(27-29)15-3-4-16(8-24)17(23)7-15/h3-7,10,13-14,31H,9,11-12H2,1-2H3,(H,26,30)/t14?,21-/m1/s1. The van der Waals surface area contributed by atoms with Crippen LogP contribution in [-0.4, -0.2) is 47.9 Å². The van der Waals surface area contributed by atoms with Crippen LogP contribution in [0.5, 0.6) is 0 Å². The Labute approximate surface area is 190 Å². The molecule has 31 heavy (non-hydrogen) atoms. The maximum Gasteiger partial charge on any atom is 0.271 e. The summed E-state index contributed by atoms with van der Waals surface area (Å²) in [7, 11) is 0. The Morgan fingerprint density at radius 3 is 2.87 bits per heavy atom. The number of aromatic nitrogens is 4. The average molecular weight is 461 g/mol. The maximum absolute atomic E-state index is 12.5. The number of rotatable bonds is 8. The predicted octanol–water partition coefficient (Wildman–Crippen LogP) is 3.08. The van der Waals surface area contributed by atoms with Gasteiger partial charge >= 0.3 is 0 Å². The van der Waals surface area contributed by atoms with E-state index in [4.69, 9.17) is 28.5 Å². The maximum atomic E-state index is 12.5. The quantitative estimate of drug-likeness (QED) is 0.502. The summed E-state index contributed by atoms with van der Waals surface area (Å²) in [5.74, 6) is -0.243. The minimum Gasteiger partial charge on any atom is -0.387 e. The van der Waals surface area contributed by atoms with E-state index in [9.17, 15) is 9.90 Å². The van der Waals surface area contributed by atoms with E-state index in [1.165, 1.54) is 6.33 Å². The zero-order chi connectivity index (χ0) is 22.6. The highest BCUT2D eigenvalue weighted by Gasteiger charge is 2.21. The van der Waals surface area contributed by atoms with Crippen LogP contribution in [0.25, 0.3) is 11.3 Å². The van der Waals surface area contributed by atoms with Crippen LogP contribution in [0.15, 0.2) is 43.0 Å². The van der Waals surface area contributed by atoms with Crippen molar-refractivity contribution in [3.63, 3.8) is 0 Å². The number of hydrogen-bond donors (Lipinski definition) is 2. The fraction of sp³-hybridized carbons (Fsp3) is 0.333. The van der Waals surface area contributed by atoms with Gasteiger partial charge < -0.3 is 15.0 Å². The summed E-state index contributed by atoms with van der Waals surface area (Å²) in [5, 5.41) is 26.8. The number of imidazole rings is 1. The van der Waals surface area contributed by atoms with Crippen LogP contribution in [0.3, 0.4) is 0 Å². The van der Waals surface area contributed by atoms with E-state index in [0.29, 0.717) is 17.1 Å². The lowest BCUT2D eigenvalue weighted by Crippen LogP contribution is -2.36. The molecule has 1 amide bonds. The number of amides is 1. The zero-order valence-corrected chi connectivity index (χ0v) is 18.6. The molecule has 10 heteroatoms. The summed E-state index contributed by atoms with van der Waals surface area (Å²) >= 11 is 11.8. The highest BCUT2D eigenvalue weighted by atomic mass is 35.5. The lowest BCUT2D eigenvalue weighted by molar-refractivity contribution is 0.0649. The van der Waals surface area contributed by atoms with Gasteiger partial charge in [-0.2, -0.15) is 10.4 Å². The fourth-order valence-electron chi connectivity index (χ4n) is 3.01. The summed E-state index contributed by atoms with van der Waals surface area (Å²) in [6, 6.07) is 8.82. The number of nitrogens with one attached hydrogen (secondary N) is 1. The van der Waals surface area contributed by atoms with E-state index in [1.807, 2.05) is 25.3 Å². The summed E-state index contributed by atoms with van der Waals surface area (Å²) in [6.45, 7) is 4.18. The number of carbonyl (C=O) groups excluding carboxylic acids is 1. The van der Waals surface area contributed by atoms with E-state index in [1.54, 1.807) is 40.6 Å². The average Bonchev–Trinajstić information content (AvgIpc) is 3.37.